The first-order valence-corrected chi connectivity index (χ1v) is 6.00. The fourth-order valence-corrected chi connectivity index (χ4v) is 1.52. The molecule has 3 heteroatoms. The molecule has 1 aromatic rings. The molecule has 2 nitrogen and oxygen atoms in total. The minimum atomic E-state index is 0.777. The van der Waals surface area contributed by atoms with Crippen LogP contribution in [-0.4, -0.2) is 26.5 Å². The fourth-order valence-electron chi connectivity index (χ4n) is 1.11. The molecule has 0 radical (unpaired) electrons. The number of thioether (sulfide) groups is 1. The van der Waals surface area contributed by atoms with E-state index < -0.39 is 0 Å². The molecule has 0 spiro atoms. The fraction of sp³-hybridized carbons (Fsp3) is 0.455. The molecule has 0 saturated carbocycles. The van der Waals surface area contributed by atoms with Crippen LogP contribution in [0.5, 0.6) is 5.75 Å². The standard InChI is InChI=1S/C11H17NOS/c1-12-8-3-9-13-10-4-6-11(14-2)7-5-10/h4-7,12H,3,8-9H2,1-2H3. The van der Waals surface area contributed by atoms with Crippen LogP contribution in [0, 0.1) is 0 Å². The zero-order valence-corrected chi connectivity index (χ0v) is 9.56. The number of hydrogen-bond acceptors (Lipinski definition) is 3. The Labute approximate surface area is 90.0 Å². The maximum absolute atomic E-state index is 5.56. The minimum absolute atomic E-state index is 0.777. The van der Waals surface area contributed by atoms with Crippen molar-refractivity contribution in [1.82, 2.24) is 5.32 Å². The maximum Gasteiger partial charge on any atom is 0.119 e. The van der Waals surface area contributed by atoms with E-state index in [1.807, 2.05) is 19.2 Å². The lowest BCUT2D eigenvalue weighted by molar-refractivity contribution is 0.309. The molecule has 0 heterocycles. The Hall–Kier alpha value is -0.670. The molecule has 0 saturated heterocycles. The average molecular weight is 211 g/mol. The van der Waals surface area contributed by atoms with Crippen molar-refractivity contribution in [3.05, 3.63) is 24.3 Å². The van der Waals surface area contributed by atoms with Crippen molar-refractivity contribution in [2.45, 2.75) is 11.3 Å². The van der Waals surface area contributed by atoms with Gasteiger partial charge in [-0.05, 0) is 50.5 Å². The van der Waals surface area contributed by atoms with Gasteiger partial charge in [0.25, 0.3) is 0 Å². The number of nitrogens with one attached hydrogen (secondary N) is 1. The summed E-state index contributed by atoms with van der Waals surface area (Å²) < 4.78 is 5.56. The molecule has 0 unspecified atom stereocenters. The molecule has 1 aromatic carbocycles. The first kappa shape index (κ1) is 11.4. The molecule has 0 aliphatic carbocycles. The van der Waals surface area contributed by atoms with Crippen LogP contribution >= 0.6 is 11.8 Å². The highest BCUT2D eigenvalue weighted by Gasteiger charge is 1.93. The van der Waals surface area contributed by atoms with Gasteiger partial charge in [0, 0.05) is 4.90 Å². The van der Waals surface area contributed by atoms with Gasteiger partial charge in [-0.25, -0.2) is 0 Å². The van der Waals surface area contributed by atoms with E-state index >= 15 is 0 Å². The first-order valence-electron chi connectivity index (χ1n) is 4.78. The molecule has 0 bridgehead atoms. The van der Waals surface area contributed by atoms with Gasteiger partial charge >= 0.3 is 0 Å². The van der Waals surface area contributed by atoms with Gasteiger partial charge < -0.3 is 10.1 Å². The van der Waals surface area contributed by atoms with Crippen LogP contribution < -0.4 is 10.1 Å². The van der Waals surface area contributed by atoms with E-state index in [1.165, 1.54) is 4.90 Å². The van der Waals surface area contributed by atoms with Gasteiger partial charge in [-0.15, -0.1) is 11.8 Å². The molecular formula is C11H17NOS. The lowest BCUT2D eigenvalue weighted by Crippen LogP contribution is -2.11. The van der Waals surface area contributed by atoms with Crippen LogP contribution in [0.2, 0.25) is 0 Å². The van der Waals surface area contributed by atoms with E-state index in [-0.39, 0.29) is 0 Å². The van der Waals surface area contributed by atoms with E-state index in [4.69, 9.17) is 4.74 Å². The SMILES string of the molecule is CNCCCOc1ccc(SC)cc1. The topological polar surface area (TPSA) is 21.3 Å². The van der Waals surface area contributed by atoms with Crippen molar-refractivity contribution in [2.24, 2.45) is 0 Å². The summed E-state index contributed by atoms with van der Waals surface area (Å²) >= 11 is 1.74. The molecule has 78 valence electrons. The normalized spacial score (nSPS) is 10.1. The Kier molecular flexibility index (Phi) is 5.49. The number of rotatable bonds is 6. The smallest absolute Gasteiger partial charge is 0.119 e. The highest BCUT2D eigenvalue weighted by Crippen LogP contribution is 2.18. The van der Waals surface area contributed by atoms with Crippen molar-refractivity contribution >= 4 is 11.8 Å². The van der Waals surface area contributed by atoms with Crippen molar-refractivity contribution < 1.29 is 4.74 Å². The highest BCUT2D eigenvalue weighted by atomic mass is 32.2. The minimum Gasteiger partial charge on any atom is -0.494 e. The molecule has 0 aliphatic rings. The Morgan fingerprint density at radius 1 is 1.29 bits per heavy atom. The zero-order chi connectivity index (χ0) is 10.2. The lowest BCUT2D eigenvalue weighted by atomic mass is 10.3. The molecule has 0 aromatic heterocycles. The monoisotopic (exact) mass is 211 g/mol. The highest BCUT2D eigenvalue weighted by molar-refractivity contribution is 7.98. The second-order valence-electron chi connectivity index (χ2n) is 2.98. The number of benzene rings is 1. The van der Waals surface area contributed by atoms with Gasteiger partial charge in [0.2, 0.25) is 0 Å². The van der Waals surface area contributed by atoms with Gasteiger partial charge in [0.15, 0.2) is 0 Å². The quantitative estimate of drug-likeness (QED) is 0.576. The van der Waals surface area contributed by atoms with Gasteiger partial charge in [-0.1, -0.05) is 0 Å². The summed E-state index contributed by atoms with van der Waals surface area (Å²) in [6.45, 7) is 1.78. The molecular weight excluding hydrogens is 194 g/mol. The Morgan fingerprint density at radius 2 is 2.00 bits per heavy atom. The van der Waals surface area contributed by atoms with Crippen LogP contribution in [0.15, 0.2) is 29.2 Å². The summed E-state index contributed by atoms with van der Waals surface area (Å²) in [5.74, 6) is 0.957. The largest absolute Gasteiger partial charge is 0.494 e. The van der Waals surface area contributed by atoms with Crippen molar-refractivity contribution in [3.8, 4) is 5.75 Å². The molecule has 1 N–H and O–H groups in total. The average Bonchev–Trinajstić information content (AvgIpc) is 2.25. The molecule has 14 heavy (non-hydrogen) atoms. The number of ether oxygens (including phenoxy) is 1. The van der Waals surface area contributed by atoms with Crippen LogP contribution in [0.3, 0.4) is 0 Å². The third kappa shape index (κ3) is 4.03. The van der Waals surface area contributed by atoms with Gasteiger partial charge in [-0.2, -0.15) is 0 Å². The Balaban J connectivity index is 2.29. The predicted molar refractivity (Wildman–Crippen MR) is 62.3 cm³/mol. The van der Waals surface area contributed by atoms with Crippen molar-refractivity contribution in [2.75, 3.05) is 26.5 Å². The molecule has 0 aliphatic heterocycles. The van der Waals surface area contributed by atoms with Crippen LogP contribution in [-0.2, 0) is 0 Å². The molecule has 1 rings (SSSR count). The van der Waals surface area contributed by atoms with Gasteiger partial charge in [-0.3, -0.25) is 0 Å². The third-order valence-corrected chi connectivity index (χ3v) is 2.64. The predicted octanol–water partition coefficient (Wildman–Crippen LogP) is 2.40. The van der Waals surface area contributed by atoms with E-state index in [0.717, 1.165) is 25.3 Å². The summed E-state index contributed by atoms with van der Waals surface area (Å²) in [6.07, 6.45) is 3.11. The molecule has 0 fully saturated rings. The first-order chi connectivity index (χ1) is 6.86. The second-order valence-corrected chi connectivity index (χ2v) is 3.86. The van der Waals surface area contributed by atoms with Crippen LogP contribution in [0.1, 0.15) is 6.42 Å². The van der Waals surface area contributed by atoms with E-state index in [2.05, 4.69) is 23.7 Å². The van der Waals surface area contributed by atoms with Gasteiger partial charge in [0.1, 0.15) is 5.75 Å². The maximum atomic E-state index is 5.56. The van der Waals surface area contributed by atoms with E-state index in [9.17, 15) is 0 Å². The van der Waals surface area contributed by atoms with Gasteiger partial charge in [0.05, 0.1) is 6.61 Å². The zero-order valence-electron chi connectivity index (χ0n) is 8.75. The van der Waals surface area contributed by atoms with E-state index in [0.29, 0.717) is 0 Å². The molecule has 0 atom stereocenters. The van der Waals surface area contributed by atoms with Crippen molar-refractivity contribution in [3.63, 3.8) is 0 Å². The molecule has 0 amide bonds. The third-order valence-electron chi connectivity index (χ3n) is 1.90. The summed E-state index contributed by atoms with van der Waals surface area (Å²) in [6, 6.07) is 8.20. The van der Waals surface area contributed by atoms with Crippen LogP contribution in [0.4, 0.5) is 0 Å². The van der Waals surface area contributed by atoms with E-state index in [1.54, 1.807) is 11.8 Å². The Morgan fingerprint density at radius 3 is 2.57 bits per heavy atom. The second kappa shape index (κ2) is 6.74. The Bertz CT molecular complexity index is 248. The summed E-state index contributed by atoms with van der Waals surface area (Å²) in [5, 5.41) is 3.09. The van der Waals surface area contributed by atoms with Crippen LogP contribution in [0.25, 0.3) is 0 Å². The lowest BCUT2D eigenvalue weighted by Gasteiger charge is -2.06. The number of hydrogen-bond donors (Lipinski definition) is 1. The van der Waals surface area contributed by atoms with Crippen molar-refractivity contribution in [1.29, 1.82) is 0 Å². The summed E-state index contributed by atoms with van der Waals surface area (Å²) in [7, 11) is 1.95. The summed E-state index contributed by atoms with van der Waals surface area (Å²) in [5.41, 5.74) is 0. The summed E-state index contributed by atoms with van der Waals surface area (Å²) in [4.78, 5) is 1.27.